The van der Waals surface area contributed by atoms with Crippen LogP contribution in [-0.2, 0) is 19.1 Å². The van der Waals surface area contributed by atoms with Crippen LogP contribution in [0.3, 0.4) is 0 Å². The second-order valence-electron chi connectivity index (χ2n) is 5.24. The van der Waals surface area contributed by atoms with Gasteiger partial charge in [-0.05, 0) is 41.0 Å². The first kappa shape index (κ1) is 14.8. The Balaban J connectivity index is 4.62. The molecule has 0 radical (unpaired) electrons. The zero-order valence-corrected chi connectivity index (χ0v) is 10.6. The Kier molecular flexibility index (Phi) is 4.84. The first-order valence-electron chi connectivity index (χ1n) is 5.30. The number of rotatable bonds is 5. The van der Waals surface area contributed by atoms with Crippen molar-refractivity contribution in [2.24, 2.45) is 5.41 Å². The number of hydrogen-bond acceptors (Lipinski definition) is 4. The molecule has 0 aromatic rings. The molecule has 0 spiro atoms. The van der Waals surface area contributed by atoms with Gasteiger partial charge in [0.1, 0.15) is 23.1 Å². The maximum absolute atomic E-state index is 11.8. The van der Waals surface area contributed by atoms with Crippen molar-refractivity contribution in [2.45, 2.75) is 53.1 Å². The van der Waals surface area contributed by atoms with Gasteiger partial charge < -0.3 is 14.3 Å². The number of carbonyl (C=O) groups excluding carboxylic acids is 3. The van der Waals surface area contributed by atoms with Gasteiger partial charge in [0.2, 0.25) is 0 Å². The summed E-state index contributed by atoms with van der Waals surface area (Å²) in [5.74, 6) is -0.618. The molecule has 0 aliphatic heterocycles. The van der Waals surface area contributed by atoms with Crippen LogP contribution in [0.1, 0.15) is 47.5 Å². The topological polar surface area (TPSA) is 60.4 Å². The van der Waals surface area contributed by atoms with Crippen LogP contribution in [-0.4, -0.2) is 23.6 Å². The second-order valence-corrected chi connectivity index (χ2v) is 5.24. The third kappa shape index (κ3) is 5.05. The molecule has 0 saturated heterocycles. The van der Waals surface area contributed by atoms with Crippen molar-refractivity contribution < 1.29 is 19.1 Å². The number of carbonyl (C=O) groups is 3. The van der Waals surface area contributed by atoms with Gasteiger partial charge in [0.25, 0.3) is 0 Å². The maximum Gasteiger partial charge on any atom is 0.319 e. The molecule has 1 unspecified atom stereocenters. The zero-order chi connectivity index (χ0) is 13.0. The average Bonchev–Trinajstić information content (AvgIpc) is 2.11. The van der Waals surface area contributed by atoms with E-state index < -0.39 is 17.0 Å². The lowest BCUT2D eigenvalue weighted by Crippen LogP contribution is -2.37. The third-order valence-corrected chi connectivity index (χ3v) is 2.12. The van der Waals surface area contributed by atoms with Crippen LogP contribution in [0.4, 0.5) is 0 Å². The van der Waals surface area contributed by atoms with Crippen LogP contribution in [0, 0.1) is 5.41 Å². The van der Waals surface area contributed by atoms with E-state index in [2.05, 4.69) is 0 Å². The Morgan fingerprint density at radius 1 is 1.19 bits per heavy atom. The summed E-state index contributed by atoms with van der Waals surface area (Å²) in [5, 5.41) is 0. The average molecular weight is 228 g/mol. The predicted molar refractivity (Wildman–Crippen MR) is 59.9 cm³/mol. The standard InChI is InChI=1S/C12H20O4/c1-9(14)6-7-12(5,8-13)10(15)16-11(2,3)4/h8H,6-7H2,1-5H3. The second kappa shape index (κ2) is 5.23. The van der Waals surface area contributed by atoms with Gasteiger partial charge in [-0.3, -0.25) is 4.79 Å². The van der Waals surface area contributed by atoms with Crippen molar-refractivity contribution in [1.82, 2.24) is 0 Å². The fourth-order valence-corrected chi connectivity index (χ4v) is 1.04. The molecule has 1 atom stereocenters. The highest BCUT2D eigenvalue weighted by Gasteiger charge is 2.36. The summed E-state index contributed by atoms with van der Waals surface area (Å²) in [7, 11) is 0. The summed E-state index contributed by atoms with van der Waals surface area (Å²) in [6.07, 6.45) is 0.958. The number of ether oxygens (including phenoxy) is 1. The lowest BCUT2D eigenvalue weighted by atomic mass is 9.86. The van der Waals surface area contributed by atoms with E-state index in [-0.39, 0.29) is 18.6 Å². The Hall–Kier alpha value is -1.19. The van der Waals surface area contributed by atoms with Gasteiger partial charge >= 0.3 is 5.97 Å². The van der Waals surface area contributed by atoms with E-state index in [0.29, 0.717) is 6.29 Å². The monoisotopic (exact) mass is 228 g/mol. The molecule has 0 aliphatic rings. The number of aldehydes is 1. The summed E-state index contributed by atoms with van der Waals surface area (Å²) >= 11 is 0. The SMILES string of the molecule is CC(=O)CCC(C)(C=O)C(=O)OC(C)(C)C. The van der Waals surface area contributed by atoms with Gasteiger partial charge in [-0.25, -0.2) is 0 Å². The summed E-state index contributed by atoms with van der Waals surface area (Å²) in [6, 6.07) is 0. The Bertz CT molecular complexity index is 288. The van der Waals surface area contributed by atoms with E-state index >= 15 is 0 Å². The van der Waals surface area contributed by atoms with Crippen LogP contribution >= 0.6 is 0 Å². The summed E-state index contributed by atoms with van der Waals surface area (Å²) in [6.45, 7) is 8.14. The summed E-state index contributed by atoms with van der Waals surface area (Å²) < 4.78 is 5.14. The Morgan fingerprint density at radius 2 is 1.69 bits per heavy atom. The largest absolute Gasteiger partial charge is 0.459 e. The van der Waals surface area contributed by atoms with Crippen molar-refractivity contribution in [3.8, 4) is 0 Å². The van der Waals surface area contributed by atoms with Crippen molar-refractivity contribution in [1.29, 1.82) is 0 Å². The molecule has 4 heteroatoms. The molecule has 0 aromatic heterocycles. The summed E-state index contributed by atoms with van der Waals surface area (Å²) in [5.41, 5.74) is -1.85. The molecule has 0 rings (SSSR count). The molecule has 0 aliphatic carbocycles. The van der Waals surface area contributed by atoms with Crippen molar-refractivity contribution >= 4 is 18.0 Å². The van der Waals surface area contributed by atoms with Crippen molar-refractivity contribution in [2.75, 3.05) is 0 Å². The van der Waals surface area contributed by atoms with E-state index in [1.54, 1.807) is 20.8 Å². The molecule has 0 aromatic carbocycles. The Labute approximate surface area is 96.4 Å². The molecule has 0 saturated carbocycles. The lowest BCUT2D eigenvalue weighted by Gasteiger charge is -2.27. The highest BCUT2D eigenvalue weighted by atomic mass is 16.6. The van der Waals surface area contributed by atoms with Crippen molar-refractivity contribution in [3.05, 3.63) is 0 Å². The lowest BCUT2D eigenvalue weighted by molar-refractivity contribution is -0.167. The van der Waals surface area contributed by atoms with E-state index in [1.807, 2.05) is 0 Å². The number of esters is 1. The molecule has 4 nitrogen and oxygen atoms in total. The van der Waals surface area contributed by atoms with E-state index in [0.717, 1.165) is 0 Å². The molecule has 0 heterocycles. The van der Waals surface area contributed by atoms with Gasteiger partial charge in [0.15, 0.2) is 0 Å². The first-order valence-corrected chi connectivity index (χ1v) is 5.30. The molecule has 0 fully saturated rings. The number of hydrogen-bond donors (Lipinski definition) is 0. The minimum Gasteiger partial charge on any atom is -0.459 e. The number of ketones is 1. The fraction of sp³-hybridized carbons (Fsp3) is 0.750. The van der Waals surface area contributed by atoms with Gasteiger partial charge in [0.05, 0.1) is 0 Å². The van der Waals surface area contributed by atoms with Crippen LogP contribution in [0.25, 0.3) is 0 Å². The Morgan fingerprint density at radius 3 is 2.00 bits per heavy atom. The highest BCUT2D eigenvalue weighted by Crippen LogP contribution is 2.25. The molecular formula is C12H20O4. The highest BCUT2D eigenvalue weighted by molar-refractivity contribution is 5.93. The minimum absolute atomic E-state index is 0.0448. The van der Waals surface area contributed by atoms with E-state index in [9.17, 15) is 14.4 Å². The first-order chi connectivity index (χ1) is 7.10. The zero-order valence-electron chi connectivity index (χ0n) is 10.6. The third-order valence-electron chi connectivity index (χ3n) is 2.12. The van der Waals surface area contributed by atoms with E-state index in [1.165, 1.54) is 13.8 Å². The maximum atomic E-state index is 11.8. The predicted octanol–water partition coefficient (Wildman–Crippen LogP) is 1.90. The fourth-order valence-electron chi connectivity index (χ4n) is 1.04. The van der Waals surface area contributed by atoms with Gasteiger partial charge in [-0.1, -0.05) is 0 Å². The molecule has 16 heavy (non-hydrogen) atoms. The van der Waals surface area contributed by atoms with Gasteiger partial charge in [0, 0.05) is 6.42 Å². The molecule has 92 valence electrons. The van der Waals surface area contributed by atoms with E-state index in [4.69, 9.17) is 4.74 Å². The van der Waals surface area contributed by atoms with Crippen LogP contribution < -0.4 is 0 Å². The summed E-state index contributed by atoms with van der Waals surface area (Å²) in [4.78, 5) is 33.6. The van der Waals surface area contributed by atoms with Crippen LogP contribution in [0.5, 0.6) is 0 Å². The van der Waals surface area contributed by atoms with Gasteiger partial charge in [-0.15, -0.1) is 0 Å². The van der Waals surface area contributed by atoms with Crippen LogP contribution in [0.15, 0.2) is 0 Å². The quantitative estimate of drug-likeness (QED) is 0.409. The van der Waals surface area contributed by atoms with Crippen LogP contribution in [0.2, 0.25) is 0 Å². The molecule has 0 bridgehead atoms. The van der Waals surface area contributed by atoms with Crippen molar-refractivity contribution in [3.63, 3.8) is 0 Å². The minimum atomic E-state index is -1.22. The van der Waals surface area contributed by atoms with Gasteiger partial charge in [-0.2, -0.15) is 0 Å². The molecule has 0 amide bonds. The normalized spacial score (nSPS) is 15.1. The molecule has 0 N–H and O–H groups in total. The smallest absolute Gasteiger partial charge is 0.319 e. The molecular weight excluding hydrogens is 208 g/mol. The number of Topliss-reactive ketones (excluding diaryl/α,β-unsaturated/α-hetero) is 1.